The summed E-state index contributed by atoms with van der Waals surface area (Å²) in [5, 5.41) is 18.9. The first-order chi connectivity index (χ1) is 7.16. The molecule has 6 N–H and O–H groups in total. The van der Waals surface area contributed by atoms with E-state index in [1.54, 1.807) is 12.1 Å². The molecule has 0 saturated carbocycles. The van der Waals surface area contributed by atoms with Crippen molar-refractivity contribution in [3.05, 3.63) is 23.8 Å². The van der Waals surface area contributed by atoms with Gasteiger partial charge in [0.2, 0.25) is 0 Å². The van der Waals surface area contributed by atoms with Gasteiger partial charge in [0.25, 0.3) is 0 Å². The Bertz CT molecular complexity index is 321. The average Bonchev–Trinajstić information content (AvgIpc) is 2.22. The van der Waals surface area contributed by atoms with E-state index in [4.69, 9.17) is 11.5 Å². The van der Waals surface area contributed by atoms with Crippen LogP contribution < -0.4 is 11.5 Å². The molecule has 0 aliphatic carbocycles. The predicted octanol–water partition coefficient (Wildman–Crippen LogP) is 1.65. The zero-order chi connectivity index (χ0) is 11.3. The van der Waals surface area contributed by atoms with Crippen molar-refractivity contribution < 1.29 is 10.2 Å². The molecule has 92 valence electrons. The standard InChI is InChI=1S/C11H18N2O2.ClH/c12-7-2-1-5-9(13)8-4-3-6-10(14)11(8)15;/h3-4,6,9,14-15H,1-2,5,7,12-13H2;1H/t9-;/m0./s1. The molecule has 0 amide bonds. The van der Waals surface area contributed by atoms with E-state index in [1.807, 2.05) is 0 Å². The Kier molecular flexibility index (Phi) is 6.88. The zero-order valence-electron chi connectivity index (χ0n) is 9.10. The van der Waals surface area contributed by atoms with Gasteiger partial charge < -0.3 is 21.7 Å². The monoisotopic (exact) mass is 246 g/mol. The van der Waals surface area contributed by atoms with Crippen LogP contribution in [0.15, 0.2) is 18.2 Å². The summed E-state index contributed by atoms with van der Waals surface area (Å²) < 4.78 is 0. The SMILES string of the molecule is Cl.NCCCC[C@H](N)c1cccc(O)c1O. The second kappa shape index (κ2) is 7.33. The lowest BCUT2D eigenvalue weighted by molar-refractivity contribution is 0.394. The van der Waals surface area contributed by atoms with Crippen LogP contribution >= 0.6 is 12.4 Å². The number of halogens is 1. The minimum Gasteiger partial charge on any atom is -0.504 e. The molecule has 0 fully saturated rings. The van der Waals surface area contributed by atoms with Crippen molar-refractivity contribution in [2.45, 2.75) is 25.3 Å². The Morgan fingerprint density at radius 2 is 1.88 bits per heavy atom. The number of rotatable bonds is 5. The van der Waals surface area contributed by atoms with Gasteiger partial charge in [-0.2, -0.15) is 0 Å². The van der Waals surface area contributed by atoms with Crippen LogP contribution in [-0.2, 0) is 0 Å². The third kappa shape index (κ3) is 3.89. The number of hydrogen-bond acceptors (Lipinski definition) is 4. The fourth-order valence-corrected chi connectivity index (χ4v) is 1.51. The van der Waals surface area contributed by atoms with E-state index in [0.717, 1.165) is 19.3 Å². The molecule has 1 rings (SSSR count). The number of benzene rings is 1. The van der Waals surface area contributed by atoms with Crippen molar-refractivity contribution in [1.82, 2.24) is 0 Å². The normalized spacial score (nSPS) is 11.9. The quantitative estimate of drug-likeness (QED) is 0.470. The number of hydrogen-bond donors (Lipinski definition) is 4. The number of phenols is 2. The molecule has 1 aromatic rings. The molecule has 5 heteroatoms. The van der Waals surface area contributed by atoms with Crippen LogP contribution in [0.5, 0.6) is 11.5 Å². The number of phenolic OH excluding ortho intramolecular Hbond substituents is 2. The number of nitrogens with two attached hydrogens (primary N) is 2. The number of unbranched alkanes of at least 4 members (excludes halogenated alkanes) is 1. The summed E-state index contributed by atoms with van der Waals surface area (Å²) in [5.41, 5.74) is 11.9. The van der Waals surface area contributed by atoms with E-state index in [2.05, 4.69) is 0 Å². The van der Waals surface area contributed by atoms with Crippen LogP contribution in [0, 0.1) is 0 Å². The summed E-state index contributed by atoms with van der Waals surface area (Å²) in [6, 6.07) is 4.59. The van der Waals surface area contributed by atoms with Gasteiger partial charge in [0.05, 0.1) is 0 Å². The Labute approximate surface area is 102 Å². The highest BCUT2D eigenvalue weighted by atomic mass is 35.5. The summed E-state index contributed by atoms with van der Waals surface area (Å²) in [7, 11) is 0. The first-order valence-electron chi connectivity index (χ1n) is 5.13. The molecule has 0 spiro atoms. The molecule has 4 nitrogen and oxygen atoms in total. The maximum atomic E-state index is 9.57. The van der Waals surface area contributed by atoms with E-state index in [0.29, 0.717) is 12.1 Å². The smallest absolute Gasteiger partial charge is 0.162 e. The van der Waals surface area contributed by atoms with Crippen molar-refractivity contribution in [2.75, 3.05) is 6.54 Å². The van der Waals surface area contributed by atoms with Gasteiger partial charge in [-0.3, -0.25) is 0 Å². The van der Waals surface area contributed by atoms with Crippen molar-refractivity contribution in [1.29, 1.82) is 0 Å². The lowest BCUT2D eigenvalue weighted by Crippen LogP contribution is -2.11. The Balaban J connectivity index is 0.00000225. The highest BCUT2D eigenvalue weighted by Gasteiger charge is 2.12. The second-order valence-electron chi connectivity index (χ2n) is 3.61. The summed E-state index contributed by atoms with van der Waals surface area (Å²) in [6.07, 6.45) is 2.61. The van der Waals surface area contributed by atoms with Gasteiger partial charge in [-0.15, -0.1) is 12.4 Å². The van der Waals surface area contributed by atoms with Crippen molar-refractivity contribution >= 4 is 12.4 Å². The third-order valence-corrected chi connectivity index (χ3v) is 2.41. The molecule has 1 aromatic carbocycles. The van der Waals surface area contributed by atoms with E-state index in [1.165, 1.54) is 6.07 Å². The van der Waals surface area contributed by atoms with Gasteiger partial charge in [0.15, 0.2) is 11.5 Å². The molecule has 0 bridgehead atoms. The fourth-order valence-electron chi connectivity index (χ4n) is 1.51. The summed E-state index contributed by atoms with van der Waals surface area (Å²) in [6.45, 7) is 0.652. The molecule has 0 unspecified atom stereocenters. The molecule has 0 radical (unpaired) electrons. The maximum absolute atomic E-state index is 9.57. The molecule has 16 heavy (non-hydrogen) atoms. The number of para-hydroxylation sites is 1. The average molecular weight is 247 g/mol. The summed E-state index contributed by atoms with van der Waals surface area (Å²) >= 11 is 0. The second-order valence-corrected chi connectivity index (χ2v) is 3.61. The first kappa shape index (κ1) is 15.0. The van der Waals surface area contributed by atoms with Crippen molar-refractivity contribution in [3.8, 4) is 11.5 Å². The van der Waals surface area contributed by atoms with E-state index < -0.39 is 0 Å². The van der Waals surface area contributed by atoms with Gasteiger partial charge in [-0.1, -0.05) is 18.6 Å². The lowest BCUT2D eigenvalue weighted by Gasteiger charge is -2.13. The van der Waals surface area contributed by atoms with Crippen LogP contribution in [-0.4, -0.2) is 16.8 Å². The first-order valence-corrected chi connectivity index (χ1v) is 5.13. The van der Waals surface area contributed by atoms with Gasteiger partial charge in [-0.25, -0.2) is 0 Å². The van der Waals surface area contributed by atoms with Crippen molar-refractivity contribution in [3.63, 3.8) is 0 Å². The molecular weight excluding hydrogens is 228 g/mol. The molecule has 0 heterocycles. The summed E-state index contributed by atoms with van der Waals surface area (Å²) in [4.78, 5) is 0. The van der Waals surface area contributed by atoms with Crippen LogP contribution in [0.2, 0.25) is 0 Å². The Morgan fingerprint density at radius 1 is 1.19 bits per heavy atom. The molecule has 0 aromatic heterocycles. The van der Waals surface area contributed by atoms with Crippen LogP contribution in [0.25, 0.3) is 0 Å². The summed E-state index contributed by atoms with van der Waals surface area (Å²) in [5.74, 6) is -0.237. The predicted molar refractivity (Wildman–Crippen MR) is 66.9 cm³/mol. The van der Waals surface area contributed by atoms with Gasteiger partial charge >= 0.3 is 0 Å². The molecule has 1 atom stereocenters. The molecule has 0 aliphatic rings. The Hall–Kier alpha value is -0.970. The molecule has 0 saturated heterocycles. The van der Waals surface area contributed by atoms with E-state index in [-0.39, 0.29) is 29.9 Å². The minimum absolute atomic E-state index is 0. The van der Waals surface area contributed by atoms with Crippen LogP contribution in [0.4, 0.5) is 0 Å². The highest BCUT2D eigenvalue weighted by Crippen LogP contribution is 2.33. The Morgan fingerprint density at radius 3 is 2.50 bits per heavy atom. The topological polar surface area (TPSA) is 92.5 Å². The third-order valence-electron chi connectivity index (χ3n) is 2.41. The van der Waals surface area contributed by atoms with Crippen LogP contribution in [0.3, 0.4) is 0 Å². The largest absolute Gasteiger partial charge is 0.504 e. The number of aromatic hydroxyl groups is 2. The maximum Gasteiger partial charge on any atom is 0.162 e. The lowest BCUT2D eigenvalue weighted by atomic mass is 10.0. The van der Waals surface area contributed by atoms with Gasteiger partial charge in [-0.05, 0) is 25.5 Å². The van der Waals surface area contributed by atoms with Gasteiger partial charge in [0.1, 0.15) is 0 Å². The van der Waals surface area contributed by atoms with Crippen molar-refractivity contribution in [2.24, 2.45) is 11.5 Å². The fraction of sp³-hybridized carbons (Fsp3) is 0.455. The molecule has 0 aliphatic heterocycles. The van der Waals surface area contributed by atoms with E-state index in [9.17, 15) is 10.2 Å². The van der Waals surface area contributed by atoms with Gasteiger partial charge in [0, 0.05) is 11.6 Å². The van der Waals surface area contributed by atoms with Crippen LogP contribution in [0.1, 0.15) is 30.9 Å². The van der Waals surface area contributed by atoms with E-state index >= 15 is 0 Å². The molecular formula is C11H19ClN2O2. The minimum atomic E-state index is -0.247. The highest BCUT2D eigenvalue weighted by molar-refractivity contribution is 5.85. The zero-order valence-corrected chi connectivity index (χ0v) is 9.91.